The summed E-state index contributed by atoms with van der Waals surface area (Å²) in [6.07, 6.45) is 3.14. The van der Waals surface area contributed by atoms with Crippen molar-refractivity contribution in [3.63, 3.8) is 0 Å². The molecule has 0 spiro atoms. The number of carbonyl (C=O) groups is 2. The van der Waals surface area contributed by atoms with Crippen LogP contribution in [0.5, 0.6) is 5.75 Å². The quantitative estimate of drug-likeness (QED) is 0.420. The van der Waals surface area contributed by atoms with Gasteiger partial charge in [0.1, 0.15) is 5.75 Å². The van der Waals surface area contributed by atoms with Crippen molar-refractivity contribution in [2.45, 2.75) is 32.1 Å². The van der Waals surface area contributed by atoms with E-state index in [9.17, 15) is 19.8 Å². The first-order chi connectivity index (χ1) is 9.11. The van der Waals surface area contributed by atoms with Crippen molar-refractivity contribution in [2.24, 2.45) is 0 Å². The van der Waals surface area contributed by atoms with Gasteiger partial charge in [0, 0.05) is 12.5 Å². The fraction of sp³-hybridized carbons (Fsp3) is 0.429. The van der Waals surface area contributed by atoms with Gasteiger partial charge in [-0.25, -0.2) is 0 Å². The summed E-state index contributed by atoms with van der Waals surface area (Å²) in [5.41, 5.74) is 0.263. The Morgan fingerprint density at radius 2 is 1.75 bits per heavy atom. The van der Waals surface area contributed by atoms with Gasteiger partial charge in [0.05, 0.1) is 5.56 Å². The van der Waals surface area contributed by atoms with E-state index in [-0.39, 0.29) is 53.2 Å². The molecule has 0 radical (unpaired) electrons. The molecule has 0 bridgehead atoms. The first kappa shape index (κ1) is 19.0. The Balaban J connectivity index is 0.00000361. The molecular weight excluding hydrogens is 269 g/mol. The van der Waals surface area contributed by atoms with Gasteiger partial charge in [-0.2, -0.15) is 0 Å². The summed E-state index contributed by atoms with van der Waals surface area (Å²) in [4.78, 5) is 21.9. The number of nitrogens with one attached hydrogen (secondary N) is 1. The number of carbonyl (C=O) groups excluding carboxylic acids is 2. The van der Waals surface area contributed by atoms with Crippen LogP contribution in [-0.4, -0.2) is 23.5 Å². The van der Waals surface area contributed by atoms with E-state index in [1.54, 1.807) is 18.2 Å². The second-order valence-electron chi connectivity index (χ2n) is 4.31. The van der Waals surface area contributed by atoms with E-state index in [0.29, 0.717) is 13.0 Å². The second kappa shape index (κ2) is 10.7. The number of phenols is 1. The monoisotopic (exact) mass is 287 g/mol. The van der Waals surface area contributed by atoms with E-state index >= 15 is 0 Å². The van der Waals surface area contributed by atoms with Crippen LogP contribution in [-0.2, 0) is 4.79 Å². The number of carboxylic acid groups (broad SMARTS) is 1. The van der Waals surface area contributed by atoms with Gasteiger partial charge < -0.3 is 20.3 Å². The molecule has 1 rings (SSSR count). The fourth-order valence-electron chi connectivity index (χ4n) is 1.71. The van der Waals surface area contributed by atoms with E-state index in [0.717, 1.165) is 19.3 Å². The minimum Gasteiger partial charge on any atom is -0.550 e. The van der Waals surface area contributed by atoms with Gasteiger partial charge in [-0.05, 0) is 31.4 Å². The summed E-state index contributed by atoms with van der Waals surface area (Å²) in [5.74, 6) is -1.35. The van der Waals surface area contributed by atoms with Crippen LogP contribution in [0.1, 0.15) is 42.5 Å². The predicted molar refractivity (Wildman–Crippen MR) is 68.5 cm³/mol. The summed E-state index contributed by atoms with van der Waals surface area (Å²) in [6, 6.07) is 6.37. The standard InChI is InChI=1S/C14H19NO4.Na/c16-12-8-5-4-7-11(12)14(19)15-10-6-2-1-3-9-13(17)18;/h4-5,7-8,16H,1-3,6,9-10H2,(H,15,19)(H,17,18);/q;+1/p-1. The Bertz CT molecular complexity index is 437. The normalized spacial score (nSPS) is 9.60. The number of unbranched alkanes of at least 4 members (excludes halogenated alkanes) is 3. The van der Waals surface area contributed by atoms with Gasteiger partial charge in [-0.3, -0.25) is 4.79 Å². The largest absolute Gasteiger partial charge is 1.00 e. The zero-order valence-corrected chi connectivity index (χ0v) is 13.7. The molecule has 20 heavy (non-hydrogen) atoms. The van der Waals surface area contributed by atoms with Crippen molar-refractivity contribution in [3.05, 3.63) is 29.8 Å². The van der Waals surface area contributed by atoms with E-state index in [2.05, 4.69) is 5.32 Å². The van der Waals surface area contributed by atoms with Crippen molar-refractivity contribution in [1.82, 2.24) is 5.32 Å². The van der Waals surface area contributed by atoms with Gasteiger partial charge in [-0.1, -0.05) is 25.0 Å². The fourth-order valence-corrected chi connectivity index (χ4v) is 1.71. The molecule has 1 aromatic rings. The molecule has 0 aliphatic heterocycles. The number of phenolic OH excluding ortho intramolecular Hbond substituents is 1. The molecule has 0 fully saturated rings. The maximum absolute atomic E-state index is 11.7. The Hall–Kier alpha value is -1.04. The molecule has 104 valence electrons. The van der Waals surface area contributed by atoms with E-state index in [1.165, 1.54) is 6.07 Å². The summed E-state index contributed by atoms with van der Waals surface area (Å²) < 4.78 is 0. The van der Waals surface area contributed by atoms with Crippen molar-refractivity contribution in [2.75, 3.05) is 6.54 Å². The summed E-state index contributed by atoms with van der Waals surface area (Å²) in [6.45, 7) is 0.512. The predicted octanol–water partition coefficient (Wildman–Crippen LogP) is -2.17. The molecule has 0 aliphatic rings. The molecule has 1 aromatic carbocycles. The van der Waals surface area contributed by atoms with Crippen molar-refractivity contribution >= 4 is 11.9 Å². The van der Waals surface area contributed by atoms with E-state index in [1.807, 2.05) is 0 Å². The molecular formula is C14H18NNaO4. The summed E-state index contributed by atoms with van der Waals surface area (Å²) >= 11 is 0. The minimum atomic E-state index is -1.02. The van der Waals surface area contributed by atoms with Crippen molar-refractivity contribution in [3.8, 4) is 5.75 Å². The number of amides is 1. The van der Waals surface area contributed by atoms with E-state index < -0.39 is 5.97 Å². The second-order valence-corrected chi connectivity index (χ2v) is 4.31. The number of carboxylic acids is 1. The molecule has 1 amide bonds. The third-order valence-electron chi connectivity index (χ3n) is 2.74. The van der Waals surface area contributed by atoms with E-state index in [4.69, 9.17) is 0 Å². The van der Waals surface area contributed by atoms with Crippen LogP contribution in [0.4, 0.5) is 0 Å². The third kappa shape index (κ3) is 7.53. The molecule has 0 saturated carbocycles. The maximum Gasteiger partial charge on any atom is 1.00 e. The number of para-hydroxylation sites is 1. The molecule has 0 aromatic heterocycles. The zero-order valence-electron chi connectivity index (χ0n) is 11.7. The Kier molecular flexibility index (Phi) is 10.2. The summed E-state index contributed by atoms with van der Waals surface area (Å²) in [7, 11) is 0. The average molecular weight is 287 g/mol. The number of hydrogen-bond donors (Lipinski definition) is 2. The van der Waals surface area contributed by atoms with Crippen LogP contribution >= 0.6 is 0 Å². The van der Waals surface area contributed by atoms with Gasteiger partial charge in [-0.15, -0.1) is 0 Å². The van der Waals surface area contributed by atoms with Crippen LogP contribution in [0.2, 0.25) is 0 Å². The zero-order chi connectivity index (χ0) is 14.1. The topological polar surface area (TPSA) is 89.5 Å². The average Bonchev–Trinajstić information content (AvgIpc) is 2.37. The molecule has 5 nitrogen and oxygen atoms in total. The Morgan fingerprint density at radius 3 is 2.40 bits per heavy atom. The first-order valence-corrected chi connectivity index (χ1v) is 6.37. The van der Waals surface area contributed by atoms with Crippen LogP contribution in [0.25, 0.3) is 0 Å². The number of aromatic hydroxyl groups is 1. The van der Waals surface area contributed by atoms with Crippen LogP contribution < -0.4 is 40.0 Å². The number of aliphatic carboxylic acids is 1. The number of hydrogen-bond acceptors (Lipinski definition) is 4. The minimum absolute atomic E-state index is 0. The van der Waals surface area contributed by atoms with Crippen molar-refractivity contribution < 1.29 is 49.4 Å². The van der Waals surface area contributed by atoms with Crippen LogP contribution in [0.3, 0.4) is 0 Å². The van der Waals surface area contributed by atoms with Gasteiger partial charge in [0.25, 0.3) is 5.91 Å². The molecule has 6 heteroatoms. The first-order valence-electron chi connectivity index (χ1n) is 6.37. The van der Waals surface area contributed by atoms with Crippen LogP contribution in [0.15, 0.2) is 24.3 Å². The maximum atomic E-state index is 11.7. The molecule has 0 unspecified atom stereocenters. The third-order valence-corrected chi connectivity index (χ3v) is 2.74. The SMILES string of the molecule is O=C([O-])CCCCCCNC(=O)c1ccccc1O.[Na+]. The molecule has 0 saturated heterocycles. The Morgan fingerprint density at radius 1 is 1.10 bits per heavy atom. The Labute approximate surface area is 140 Å². The molecule has 0 atom stereocenters. The van der Waals surface area contributed by atoms with Gasteiger partial charge >= 0.3 is 29.6 Å². The number of benzene rings is 1. The van der Waals surface area contributed by atoms with Crippen LogP contribution in [0, 0.1) is 0 Å². The molecule has 2 N–H and O–H groups in total. The molecule has 0 heterocycles. The summed E-state index contributed by atoms with van der Waals surface area (Å²) in [5, 5.41) is 22.4. The smallest absolute Gasteiger partial charge is 0.550 e. The number of rotatable bonds is 8. The van der Waals surface area contributed by atoms with Gasteiger partial charge in [0.15, 0.2) is 0 Å². The van der Waals surface area contributed by atoms with Crippen molar-refractivity contribution in [1.29, 1.82) is 0 Å². The molecule has 0 aliphatic carbocycles. The van der Waals surface area contributed by atoms with Gasteiger partial charge in [0.2, 0.25) is 0 Å².